The third-order valence-corrected chi connectivity index (χ3v) is 6.33. The molecule has 1 saturated carbocycles. The highest BCUT2D eigenvalue weighted by molar-refractivity contribution is 5.94. The van der Waals surface area contributed by atoms with Crippen molar-refractivity contribution >= 4 is 11.8 Å². The number of aromatic nitrogens is 3. The third-order valence-electron chi connectivity index (χ3n) is 6.33. The van der Waals surface area contributed by atoms with Gasteiger partial charge in [-0.3, -0.25) is 9.59 Å². The van der Waals surface area contributed by atoms with Crippen LogP contribution in [0.5, 0.6) is 5.88 Å². The molecular formula is C24H31N5O3. The summed E-state index contributed by atoms with van der Waals surface area (Å²) in [5, 5.41) is 0. The number of carbonyl (C=O) groups is 2. The number of piperazine rings is 1. The van der Waals surface area contributed by atoms with Crippen molar-refractivity contribution in [3.63, 3.8) is 0 Å². The molecule has 0 N–H and O–H groups in total. The molecule has 0 unspecified atom stereocenters. The van der Waals surface area contributed by atoms with Crippen LogP contribution in [0.3, 0.4) is 0 Å². The number of ether oxygens (including phenoxy) is 1. The number of pyridine rings is 1. The molecule has 0 aromatic carbocycles. The molecule has 0 spiro atoms. The summed E-state index contributed by atoms with van der Waals surface area (Å²) < 4.78 is 5.85. The highest BCUT2D eigenvalue weighted by Crippen LogP contribution is 2.26. The normalized spacial score (nSPS) is 17.2. The van der Waals surface area contributed by atoms with Crippen molar-refractivity contribution < 1.29 is 14.3 Å². The SMILES string of the molecule is O=C(Cc1ncccn1)N1CCN(C(=O)c2ccnc(OCCC3CCCCC3)c2)CC1. The minimum atomic E-state index is -0.0528. The van der Waals surface area contributed by atoms with Crippen molar-refractivity contribution in [2.75, 3.05) is 32.8 Å². The Balaban J connectivity index is 1.24. The summed E-state index contributed by atoms with van der Waals surface area (Å²) in [5.41, 5.74) is 0.574. The van der Waals surface area contributed by atoms with Gasteiger partial charge >= 0.3 is 0 Å². The minimum Gasteiger partial charge on any atom is -0.478 e. The van der Waals surface area contributed by atoms with E-state index in [1.165, 1.54) is 32.1 Å². The molecule has 2 aromatic heterocycles. The minimum absolute atomic E-state index is 0.0131. The first-order valence-electron chi connectivity index (χ1n) is 11.6. The lowest BCUT2D eigenvalue weighted by Gasteiger charge is -2.34. The molecule has 8 nitrogen and oxygen atoms in total. The molecule has 32 heavy (non-hydrogen) atoms. The predicted octanol–water partition coefficient (Wildman–Crippen LogP) is 2.75. The Hall–Kier alpha value is -3.03. The molecule has 1 saturated heterocycles. The first-order valence-corrected chi connectivity index (χ1v) is 11.6. The van der Waals surface area contributed by atoms with E-state index in [0.29, 0.717) is 50.1 Å². The van der Waals surface area contributed by atoms with Crippen molar-refractivity contribution in [1.82, 2.24) is 24.8 Å². The molecule has 2 amide bonds. The Morgan fingerprint density at radius 3 is 2.41 bits per heavy atom. The molecule has 170 valence electrons. The summed E-state index contributed by atoms with van der Waals surface area (Å²) >= 11 is 0. The average molecular weight is 438 g/mol. The predicted molar refractivity (Wildman–Crippen MR) is 119 cm³/mol. The van der Waals surface area contributed by atoms with Gasteiger partial charge in [-0.25, -0.2) is 15.0 Å². The third kappa shape index (κ3) is 6.02. The molecule has 2 fully saturated rings. The number of rotatable bonds is 7. The number of amides is 2. The Morgan fingerprint density at radius 1 is 0.938 bits per heavy atom. The maximum Gasteiger partial charge on any atom is 0.254 e. The zero-order valence-electron chi connectivity index (χ0n) is 18.5. The molecule has 3 heterocycles. The lowest BCUT2D eigenvalue weighted by Crippen LogP contribution is -2.51. The molecule has 8 heteroatoms. The van der Waals surface area contributed by atoms with Gasteiger partial charge < -0.3 is 14.5 Å². The molecule has 1 aliphatic carbocycles. The van der Waals surface area contributed by atoms with Gasteiger partial charge in [0, 0.05) is 56.4 Å². The Morgan fingerprint density at radius 2 is 1.66 bits per heavy atom. The van der Waals surface area contributed by atoms with E-state index in [4.69, 9.17) is 4.74 Å². The summed E-state index contributed by atoms with van der Waals surface area (Å²) in [6.07, 6.45) is 12.7. The van der Waals surface area contributed by atoms with Crippen LogP contribution in [0.4, 0.5) is 0 Å². The lowest BCUT2D eigenvalue weighted by molar-refractivity contribution is -0.132. The number of carbonyl (C=O) groups excluding carboxylic acids is 2. The van der Waals surface area contributed by atoms with Crippen molar-refractivity contribution in [3.8, 4) is 5.88 Å². The highest BCUT2D eigenvalue weighted by atomic mass is 16.5. The van der Waals surface area contributed by atoms with Gasteiger partial charge in [-0.15, -0.1) is 0 Å². The second kappa shape index (κ2) is 11.0. The summed E-state index contributed by atoms with van der Waals surface area (Å²) in [5.74, 6) is 1.71. The van der Waals surface area contributed by atoms with E-state index < -0.39 is 0 Å². The van der Waals surface area contributed by atoms with Crippen LogP contribution >= 0.6 is 0 Å². The molecule has 0 bridgehead atoms. The van der Waals surface area contributed by atoms with Gasteiger partial charge in [0.1, 0.15) is 5.82 Å². The molecule has 2 aliphatic rings. The van der Waals surface area contributed by atoms with Gasteiger partial charge in [-0.1, -0.05) is 32.1 Å². The van der Waals surface area contributed by atoms with Crippen molar-refractivity contribution in [2.24, 2.45) is 5.92 Å². The van der Waals surface area contributed by atoms with Gasteiger partial charge in [0.05, 0.1) is 13.0 Å². The van der Waals surface area contributed by atoms with E-state index >= 15 is 0 Å². The quantitative estimate of drug-likeness (QED) is 0.662. The van der Waals surface area contributed by atoms with E-state index in [2.05, 4.69) is 15.0 Å². The largest absolute Gasteiger partial charge is 0.478 e. The molecule has 2 aromatic rings. The standard InChI is InChI=1S/C24H31N5O3/c30-23(18-21-25-9-4-10-26-21)28-12-14-29(15-13-28)24(31)20-7-11-27-22(17-20)32-16-8-19-5-2-1-3-6-19/h4,7,9-11,17,19H,1-3,5-6,8,12-16,18H2. The Labute approximate surface area is 189 Å². The summed E-state index contributed by atoms with van der Waals surface area (Å²) in [4.78, 5) is 41.5. The van der Waals surface area contributed by atoms with Gasteiger partial charge in [-0.2, -0.15) is 0 Å². The fraction of sp³-hybridized carbons (Fsp3) is 0.542. The van der Waals surface area contributed by atoms with Crippen molar-refractivity contribution in [3.05, 3.63) is 48.2 Å². The van der Waals surface area contributed by atoms with E-state index in [1.54, 1.807) is 46.6 Å². The average Bonchev–Trinajstić information content (AvgIpc) is 2.85. The van der Waals surface area contributed by atoms with Crippen LogP contribution in [0.1, 0.15) is 54.7 Å². The van der Waals surface area contributed by atoms with Crippen molar-refractivity contribution in [1.29, 1.82) is 0 Å². The summed E-state index contributed by atoms with van der Waals surface area (Å²) in [6, 6.07) is 5.18. The maximum atomic E-state index is 13.0. The Bertz CT molecular complexity index is 894. The molecule has 4 rings (SSSR count). The van der Waals surface area contributed by atoms with Crippen LogP contribution in [0.15, 0.2) is 36.8 Å². The summed E-state index contributed by atoms with van der Waals surface area (Å²) in [7, 11) is 0. The molecule has 0 atom stereocenters. The topological polar surface area (TPSA) is 88.5 Å². The van der Waals surface area contributed by atoms with Crippen LogP contribution < -0.4 is 4.74 Å². The van der Waals surface area contributed by atoms with Crippen LogP contribution in [0.25, 0.3) is 0 Å². The smallest absolute Gasteiger partial charge is 0.254 e. The van der Waals surface area contributed by atoms with E-state index in [9.17, 15) is 9.59 Å². The zero-order valence-corrected chi connectivity index (χ0v) is 18.5. The second-order valence-corrected chi connectivity index (χ2v) is 8.54. The van der Waals surface area contributed by atoms with Crippen LogP contribution in [0, 0.1) is 5.92 Å². The van der Waals surface area contributed by atoms with Crippen LogP contribution in [0.2, 0.25) is 0 Å². The maximum absolute atomic E-state index is 13.0. The number of hydrogen-bond donors (Lipinski definition) is 0. The fourth-order valence-corrected chi connectivity index (χ4v) is 4.44. The summed E-state index contributed by atoms with van der Waals surface area (Å²) in [6.45, 7) is 2.66. The first kappa shape index (κ1) is 22.2. The van der Waals surface area contributed by atoms with Gasteiger partial charge in [0.25, 0.3) is 5.91 Å². The molecule has 0 radical (unpaired) electrons. The van der Waals surface area contributed by atoms with Gasteiger partial charge in [0.15, 0.2) is 0 Å². The highest BCUT2D eigenvalue weighted by Gasteiger charge is 2.25. The second-order valence-electron chi connectivity index (χ2n) is 8.54. The van der Waals surface area contributed by atoms with E-state index in [1.807, 2.05) is 0 Å². The van der Waals surface area contributed by atoms with Crippen molar-refractivity contribution in [2.45, 2.75) is 44.9 Å². The van der Waals surface area contributed by atoms with E-state index in [0.717, 1.165) is 12.3 Å². The lowest BCUT2D eigenvalue weighted by atomic mass is 9.87. The molecule has 1 aliphatic heterocycles. The van der Waals surface area contributed by atoms with Gasteiger partial charge in [-0.05, 0) is 24.5 Å². The van der Waals surface area contributed by atoms with E-state index in [-0.39, 0.29) is 18.2 Å². The van der Waals surface area contributed by atoms with Gasteiger partial charge in [0.2, 0.25) is 11.8 Å². The van der Waals surface area contributed by atoms with Crippen LogP contribution in [-0.4, -0.2) is 69.4 Å². The first-order chi connectivity index (χ1) is 15.7. The Kier molecular flexibility index (Phi) is 7.64. The monoisotopic (exact) mass is 437 g/mol. The number of hydrogen-bond acceptors (Lipinski definition) is 6. The van der Waals surface area contributed by atoms with Crippen LogP contribution in [-0.2, 0) is 11.2 Å². The molecular weight excluding hydrogens is 406 g/mol. The zero-order chi connectivity index (χ0) is 22.2. The number of nitrogens with zero attached hydrogens (tertiary/aromatic N) is 5. The fourth-order valence-electron chi connectivity index (χ4n) is 4.44.